The molecule has 0 aromatic heterocycles. The van der Waals surface area contributed by atoms with Gasteiger partial charge in [0.2, 0.25) is 10.0 Å². The number of amides is 1. The van der Waals surface area contributed by atoms with Crippen molar-refractivity contribution in [3.05, 3.63) is 59.7 Å². The Hall–Kier alpha value is -2.54. The van der Waals surface area contributed by atoms with Crippen LogP contribution in [0.5, 0.6) is 5.75 Å². The summed E-state index contributed by atoms with van der Waals surface area (Å²) in [6.45, 7) is 5.61. The Balaban J connectivity index is 1.96. The third kappa shape index (κ3) is 5.72. The molecule has 0 aliphatic rings. The van der Waals surface area contributed by atoms with Gasteiger partial charge in [-0.25, -0.2) is 8.42 Å². The van der Waals surface area contributed by atoms with Crippen molar-refractivity contribution in [1.29, 1.82) is 0 Å². The quantitative estimate of drug-likeness (QED) is 0.788. The maximum absolute atomic E-state index is 12.4. The Bertz CT molecular complexity index is 877. The number of benzene rings is 2. The molecule has 0 heterocycles. The SMILES string of the molecule is Cc1ccc(C(C)NC(=O)C(C)Oc2ccc(N(C)S(C)(=O)=O)cc2)cc1. The van der Waals surface area contributed by atoms with Crippen LogP contribution in [0.1, 0.15) is 31.0 Å². The summed E-state index contributed by atoms with van der Waals surface area (Å²) in [6, 6.07) is 14.4. The van der Waals surface area contributed by atoms with Crippen molar-refractivity contribution in [3.63, 3.8) is 0 Å². The number of carbonyl (C=O) groups is 1. The molecule has 0 saturated heterocycles. The van der Waals surface area contributed by atoms with Crippen LogP contribution in [0, 0.1) is 6.92 Å². The molecule has 2 rings (SSSR count). The molecule has 0 bridgehead atoms. The van der Waals surface area contributed by atoms with E-state index in [0.717, 1.165) is 11.8 Å². The van der Waals surface area contributed by atoms with E-state index in [9.17, 15) is 13.2 Å². The fraction of sp³-hybridized carbons (Fsp3) is 0.350. The van der Waals surface area contributed by atoms with Gasteiger partial charge >= 0.3 is 0 Å². The van der Waals surface area contributed by atoms with Crippen molar-refractivity contribution < 1.29 is 17.9 Å². The summed E-state index contributed by atoms with van der Waals surface area (Å²) in [6.07, 6.45) is 0.454. The molecule has 2 unspecified atom stereocenters. The van der Waals surface area contributed by atoms with Crippen molar-refractivity contribution in [1.82, 2.24) is 5.32 Å². The number of carbonyl (C=O) groups excluding carboxylic acids is 1. The highest BCUT2D eigenvalue weighted by atomic mass is 32.2. The largest absolute Gasteiger partial charge is 0.481 e. The van der Waals surface area contributed by atoms with Crippen molar-refractivity contribution in [2.24, 2.45) is 0 Å². The van der Waals surface area contributed by atoms with Crippen LogP contribution in [0.25, 0.3) is 0 Å². The molecule has 0 aliphatic heterocycles. The van der Waals surface area contributed by atoms with Crippen LogP contribution < -0.4 is 14.4 Å². The second-order valence-corrected chi connectivity index (χ2v) is 8.64. The van der Waals surface area contributed by atoms with Crippen LogP contribution in [0.4, 0.5) is 5.69 Å². The van der Waals surface area contributed by atoms with Gasteiger partial charge in [-0.15, -0.1) is 0 Å². The molecule has 1 amide bonds. The van der Waals surface area contributed by atoms with E-state index in [2.05, 4.69) is 5.32 Å². The van der Waals surface area contributed by atoms with Gasteiger partial charge in [-0.3, -0.25) is 9.10 Å². The van der Waals surface area contributed by atoms with E-state index in [4.69, 9.17) is 4.74 Å². The minimum absolute atomic E-state index is 0.130. The number of hydrogen-bond donors (Lipinski definition) is 1. The molecule has 1 N–H and O–H groups in total. The standard InChI is InChI=1S/C20H26N2O4S/c1-14-6-8-17(9-7-14)15(2)21-20(23)16(3)26-19-12-10-18(11-13-19)22(4)27(5,24)25/h6-13,15-16H,1-5H3,(H,21,23). The van der Waals surface area contributed by atoms with Gasteiger partial charge in [-0.1, -0.05) is 29.8 Å². The van der Waals surface area contributed by atoms with Crippen molar-refractivity contribution >= 4 is 21.6 Å². The van der Waals surface area contributed by atoms with Crippen LogP contribution in [-0.2, 0) is 14.8 Å². The van der Waals surface area contributed by atoms with Crippen molar-refractivity contribution in [3.8, 4) is 5.75 Å². The summed E-state index contributed by atoms with van der Waals surface area (Å²) in [5, 5.41) is 2.93. The predicted molar refractivity (Wildman–Crippen MR) is 108 cm³/mol. The van der Waals surface area contributed by atoms with Gasteiger partial charge in [-0.05, 0) is 50.6 Å². The Morgan fingerprint density at radius 3 is 2.11 bits per heavy atom. The summed E-state index contributed by atoms with van der Waals surface area (Å²) >= 11 is 0. The highest BCUT2D eigenvalue weighted by Gasteiger charge is 2.18. The first-order chi connectivity index (χ1) is 12.6. The fourth-order valence-electron chi connectivity index (χ4n) is 2.45. The zero-order valence-corrected chi connectivity index (χ0v) is 17.1. The third-order valence-corrected chi connectivity index (χ3v) is 5.52. The molecule has 0 aliphatic carbocycles. The summed E-state index contributed by atoms with van der Waals surface area (Å²) in [5.74, 6) is 0.270. The lowest BCUT2D eigenvalue weighted by Gasteiger charge is -2.20. The van der Waals surface area contributed by atoms with Crippen LogP contribution in [0.15, 0.2) is 48.5 Å². The molecule has 2 aromatic carbocycles. The second kappa shape index (κ2) is 8.43. The third-order valence-electron chi connectivity index (χ3n) is 4.32. The number of nitrogens with zero attached hydrogens (tertiary/aromatic N) is 1. The van der Waals surface area contributed by atoms with Crippen LogP contribution in [0.3, 0.4) is 0 Å². The van der Waals surface area contributed by atoms with Crippen LogP contribution >= 0.6 is 0 Å². The molecule has 0 saturated carbocycles. The van der Waals surface area contributed by atoms with E-state index in [1.165, 1.54) is 16.9 Å². The van der Waals surface area contributed by atoms with E-state index < -0.39 is 16.1 Å². The highest BCUT2D eigenvalue weighted by Crippen LogP contribution is 2.21. The molecule has 0 spiro atoms. The number of anilines is 1. The molecule has 27 heavy (non-hydrogen) atoms. The molecule has 7 heteroatoms. The average Bonchev–Trinajstić information content (AvgIpc) is 2.61. The Morgan fingerprint density at radius 2 is 1.59 bits per heavy atom. The maximum atomic E-state index is 12.4. The molecular weight excluding hydrogens is 364 g/mol. The lowest BCUT2D eigenvalue weighted by atomic mass is 10.1. The minimum Gasteiger partial charge on any atom is -0.481 e. The van der Waals surface area contributed by atoms with Crippen LogP contribution in [0.2, 0.25) is 0 Å². The van der Waals surface area contributed by atoms with Gasteiger partial charge in [0.25, 0.3) is 5.91 Å². The maximum Gasteiger partial charge on any atom is 0.261 e. The lowest BCUT2D eigenvalue weighted by molar-refractivity contribution is -0.127. The number of ether oxygens (including phenoxy) is 1. The average molecular weight is 391 g/mol. The monoisotopic (exact) mass is 390 g/mol. The predicted octanol–water partition coefficient (Wildman–Crippen LogP) is 3.04. The normalized spacial score (nSPS) is 13.5. The molecule has 2 atom stereocenters. The Labute approximate surface area is 161 Å². The lowest BCUT2D eigenvalue weighted by Crippen LogP contribution is -2.37. The molecule has 0 radical (unpaired) electrons. The summed E-state index contributed by atoms with van der Waals surface area (Å²) in [4.78, 5) is 12.4. The first kappa shape index (κ1) is 20.8. The van der Waals surface area contributed by atoms with Gasteiger partial charge in [0.15, 0.2) is 6.10 Å². The van der Waals surface area contributed by atoms with Crippen molar-refractivity contribution in [2.75, 3.05) is 17.6 Å². The van der Waals surface area contributed by atoms with E-state index in [0.29, 0.717) is 11.4 Å². The number of aryl methyl sites for hydroxylation is 1. The molecular formula is C20H26N2O4S. The molecule has 6 nitrogen and oxygen atoms in total. The summed E-state index contributed by atoms with van der Waals surface area (Å²) < 4.78 is 30.0. The summed E-state index contributed by atoms with van der Waals surface area (Å²) in [5.41, 5.74) is 2.71. The molecule has 0 fully saturated rings. The number of nitrogens with one attached hydrogen (secondary N) is 1. The van der Waals surface area contributed by atoms with Gasteiger partial charge < -0.3 is 10.1 Å². The fourth-order valence-corrected chi connectivity index (χ4v) is 2.96. The van der Waals surface area contributed by atoms with E-state index >= 15 is 0 Å². The van der Waals surface area contributed by atoms with Crippen molar-refractivity contribution in [2.45, 2.75) is 32.9 Å². The van der Waals surface area contributed by atoms with Gasteiger partial charge in [0, 0.05) is 7.05 Å². The zero-order valence-electron chi connectivity index (χ0n) is 16.3. The van der Waals surface area contributed by atoms with Gasteiger partial charge in [0.1, 0.15) is 5.75 Å². The second-order valence-electron chi connectivity index (χ2n) is 6.63. The minimum atomic E-state index is -3.32. The summed E-state index contributed by atoms with van der Waals surface area (Å²) in [7, 11) is -1.84. The van der Waals surface area contributed by atoms with Gasteiger partial charge in [0.05, 0.1) is 18.0 Å². The number of sulfonamides is 1. The first-order valence-electron chi connectivity index (χ1n) is 8.65. The van der Waals surface area contributed by atoms with E-state index in [-0.39, 0.29) is 11.9 Å². The Morgan fingerprint density at radius 1 is 1.04 bits per heavy atom. The van der Waals surface area contributed by atoms with E-state index in [1.54, 1.807) is 31.2 Å². The topological polar surface area (TPSA) is 75.7 Å². The molecule has 146 valence electrons. The van der Waals surface area contributed by atoms with Crippen LogP contribution in [-0.4, -0.2) is 33.7 Å². The highest BCUT2D eigenvalue weighted by molar-refractivity contribution is 7.92. The van der Waals surface area contributed by atoms with Gasteiger partial charge in [-0.2, -0.15) is 0 Å². The Kier molecular flexibility index (Phi) is 6.49. The smallest absolute Gasteiger partial charge is 0.261 e. The number of hydrogen-bond acceptors (Lipinski definition) is 4. The first-order valence-corrected chi connectivity index (χ1v) is 10.5. The molecule has 2 aromatic rings. The number of rotatable bonds is 7. The van der Waals surface area contributed by atoms with E-state index in [1.807, 2.05) is 38.1 Å². The zero-order chi connectivity index (χ0) is 20.2.